The summed E-state index contributed by atoms with van der Waals surface area (Å²) in [6.45, 7) is 5.29. The minimum absolute atomic E-state index is 0.246. The maximum absolute atomic E-state index is 12.0. The van der Waals surface area contributed by atoms with E-state index in [1.807, 2.05) is 0 Å². The van der Waals surface area contributed by atoms with E-state index in [9.17, 15) is 9.59 Å². The Morgan fingerprint density at radius 3 is 2.63 bits per heavy atom. The van der Waals surface area contributed by atoms with Crippen LogP contribution in [0, 0.1) is 6.92 Å². The molecule has 0 aromatic carbocycles. The third-order valence-electron chi connectivity index (χ3n) is 2.30. The molecule has 0 bridgehead atoms. The average molecular weight is 286 g/mol. The van der Waals surface area contributed by atoms with Crippen LogP contribution in [-0.4, -0.2) is 28.3 Å². The van der Waals surface area contributed by atoms with Gasteiger partial charge in [0.15, 0.2) is 0 Å². The van der Waals surface area contributed by atoms with Crippen molar-refractivity contribution in [1.29, 1.82) is 0 Å². The van der Waals surface area contributed by atoms with Gasteiger partial charge in [0, 0.05) is 18.8 Å². The van der Waals surface area contributed by atoms with Gasteiger partial charge in [0.05, 0.1) is 17.3 Å². The Kier molecular flexibility index (Phi) is 5.11. The van der Waals surface area contributed by atoms with Crippen molar-refractivity contribution in [3.05, 3.63) is 28.2 Å². The summed E-state index contributed by atoms with van der Waals surface area (Å²) in [5, 5.41) is 6.89. The number of halogens is 1. The van der Waals surface area contributed by atoms with Gasteiger partial charge in [-0.2, -0.15) is 5.10 Å². The zero-order valence-electron chi connectivity index (χ0n) is 11.3. The number of rotatable bonds is 4. The largest absolute Gasteiger partial charge is 0.463 e. The van der Waals surface area contributed by atoms with Crippen LogP contribution in [0.5, 0.6) is 0 Å². The number of nitrogens with zero attached hydrogens (tertiary/aromatic N) is 2. The van der Waals surface area contributed by atoms with E-state index in [0.717, 1.165) is 0 Å². The molecule has 104 valence electrons. The van der Waals surface area contributed by atoms with Crippen LogP contribution in [0.2, 0.25) is 5.02 Å². The van der Waals surface area contributed by atoms with Crippen LogP contribution in [0.4, 0.5) is 0 Å². The van der Waals surface area contributed by atoms with E-state index in [-0.39, 0.29) is 12.3 Å². The molecule has 1 aromatic rings. The second-order valence-electron chi connectivity index (χ2n) is 3.91. The van der Waals surface area contributed by atoms with E-state index < -0.39 is 11.9 Å². The number of aryl methyl sites for hydroxylation is 2. The van der Waals surface area contributed by atoms with Gasteiger partial charge in [-0.1, -0.05) is 11.6 Å². The molecule has 0 saturated carbocycles. The van der Waals surface area contributed by atoms with Crippen LogP contribution < -0.4 is 5.32 Å². The molecule has 7 heteroatoms. The van der Waals surface area contributed by atoms with Crippen molar-refractivity contribution in [2.75, 3.05) is 6.61 Å². The number of nitrogens with one attached hydrogen (secondary N) is 1. The highest BCUT2D eigenvalue weighted by Crippen LogP contribution is 2.19. The van der Waals surface area contributed by atoms with Crippen LogP contribution >= 0.6 is 11.6 Å². The summed E-state index contributed by atoms with van der Waals surface area (Å²) in [4.78, 5) is 23.2. The zero-order valence-corrected chi connectivity index (χ0v) is 12.0. The van der Waals surface area contributed by atoms with Crippen LogP contribution in [0.25, 0.3) is 0 Å². The highest BCUT2D eigenvalue weighted by Gasteiger charge is 2.18. The van der Waals surface area contributed by atoms with E-state index in [1.54, 1.807) is 27.8 Å². The summed E-state index contributed by atoms with van der Waals surface area (Å²) in [6.07, 6.45) is 1.21. The van der Waals surface area contributed by atoms with Gasteiger partial charge < -0.3 is 10.1 Å². The number of carbonyl (C=O) groups excluding carboxylic acids is 2. The first-order chi connectivity index (χ1) is 8.86. The molecule has 0 aliphatic rings. The number of ether oxygens (including phenoxy) is 1. The van der Waals surface area contributed by atoms with Gasteiger partial charge in [0.1, 0.15) is 5.69 Å². The molecular formula is C12H16ClN3O3. The molecule has 0 fully saturated rings. The fourth-order valence-electron chi connectivity index (χ4n) is 1.51. The lowest BCUT2D eigenvalue weighted by molar-refractivity contribution is -0.137. The first-order valence-electron chi connectivity index (χ1n) is 5.72. The summed E-state index contributed by atoms with van der Waals surface area (Å²) in [5.41, 5.74) is 1.19. The molecule has 1 aromatic heterocycles. The molecule has 0 atom stereocenters. The molecule has 0 spiro atoms. The smallest absolute Gasteiger partial charge is 0.332 e. The van der Waals surface area contributed by atoms with Gasteiger partial charge >= 0.3 is 5.97 Å². The lowest BCUT2D eigenvalue weighted by Gasteiger charge is -2.06. The van der Waals surface area contributed by atoms with Crippen molar-refractivity contribution in [3.63, 3.8) is 0 Å². The van der Waals surface area contributed by atoms with E-state index in [4.69, 9.17) is 16.3 Å². The molecule has 0 aliphatic heterocycles. The van der Waals surface area contributed by atoms with Gasteiger partial charge in [0.25, 0.3) is 5.91 Å². The number of allylic oxidation sites excluding steroid dienone is 1. The number of esters is 1. The Morgan fingerprint density at radius 2 is 2.16 bits per heavy atom. The fraction of sp³-hybridized carbons (Fsp3) is 0.417. The SMILES string of the molecule is CCOC(=O)/C=C(\C)NC(=O)c1c(Cl)c(C)nn1C. The van der Waals surface area contributed by atoms with Gasteiger partial charge in [-0.25, -0.2) is 4.79 Å². The predicted molar refractivity (Wildman–Crippen MR) is 70.8 cm³/mol. The van der Waals surface area contributed by atoms with E-state index in [1.165, 1.54) is 10.8 Å². The highest BCUT2D eigenvalue weighted by atomic mass is 35.5. The van der Waals surface area contributed by atoms with E-state index in [2.05, 4.69) is 10.4 Å². The summed E-state index contributed by atoms with van der Waals surface area (Å²) >= 11 is 5.99. The number of amides is 1. The summed E-state index contributed by atoms with van der Waals surface area (Å²) in [6, 6.07) is 0. The minimum Gasteiger partial charge on any atom is -0.463 e. The Morgan fingerprint density at radius 1 is 1.53 bits per heavy atom. The lowest BCUT2D eigenvalue weighted by atomic mass is 10.3. The van der Waals surface area contributed by atoms with Gasteiger partial charge in [-0.3, -0.25) is 9.48 Å². The standard InChI is InChI=1S/C12H16ClN3O3/c1-5-19-9(17)6-7(2)14-12(18)11-10(13)8(3)15-16(11)4/h6H,5H2,1-4H3,(H,14,18)/b7-6+. The van der Waals surface area contributed by atoms with Crippen molar-refractivity contribution in [2.45, 2.75) is 20.8 Å². The summed E-state index contributed by atoms with van der Waals surface area (Å²) in [5.74, 6) is -0.932. The maximum Gasteiger partial charge on any atom is 0.332 e. The monoisotopic (exact) mass is 285 g/mol. The molecular weight excluding hydrogens is 270 g/mol. The molecule has 1 heterocycles. The normalized spacial score (nSPS) is 11.3. The number of carbonyl (C=O) groups is 2. The molecule has 0 aliphatic carbocycles. The van der Waals surface area contributed by atoms with Gasteiger partial charge in [-0.05, 0) is 20.8 Å². The van der Waals surface area contributed by atoms with Crippen LogP contribution in [0.15, 0.2) is 11.8 Å². The van der Waals surface area contributed by atoms with Crippen molar-refractivity contribution in [2.24, 2.45) is 7.05 Å². The number of hydrogen-bond donors (Lipinski definition) is 1. The Hall–Kier alpha value is -1.82. The van der Waals surface area contributed by atoms with E-state index >= 15 is 0 Å². The Balaban J connectivity index is 2.83. The molecule has 1 amide bonds. The van der Waals surface area contributed by atoms with Gasteiger partial charge in [-0.15, -0.1) is 0 Å². The Bertz CT molecular complexity index is 535. The molecule has 1 N–H and O–H groups in total. The third kappa shape index (κ3) is 3.82. The van der Waals surface area contributed by atoms with Crippen molar-refractivity contribution >= 4 is 23.5 Å². The maximum atomic E-state index is 12.0. The molecule has 1 rings (SSSR count). The second kappa shape index (κ2) is 6.38. The van der Waals surface area contributed by atoms with Crippen LogP contribution in [0.3, 0.4) is 0 Å². The zero-order chi connectivity index (χ0) is 14.6. The molecule has 19 heavy (non-hydrogen) atoms. The van der Waals surface area contributed by atoms with Gasteiger partial charge in [0.2, 0.25) is 0 Å². The fourth-order valence-corrected chi connectivity index (χ4v) is 1.76. The van der Waals surface area contributed by atoms with Crippen LogP contribution in [-0.2, 0) is 16.6 Å². The van der Waals surface area contributed by atoms with Crippen molar-refractivity contribution < 1.29 is 14.3 Å². The molecule has 6 nitrogen and oxygen atoms in total. The lowest BCUT2D eigenvalue weighted by Crippen LogP contribution is -2.25. The Labute approximate surface area is 116 Å². The topological polar surface area (TPSA) is 73.2 Å². The average Bonchev–Trinajstić information content (AvgIpc) is 2.52. The van der Waals surface area contributed by atoms with Crippen LogP contribution in [0.1, 0.15) is 30.0 Å². The van der Waals surface area contributed by atoms with E-state index in [0.29, 0.717) is 16.4 Å². The predicted octanol–water partition coefficient (Wildman–Crippen LogP) is 1.58. The molecule has 0 radical (unpaired) electrons. The minimum atomic E-state index is -0.507. The third-order valence-corrected chi connectivity index (χ3v) is 2.75. The molecule has 0 unspecified atom stereocenters. The molecule has 0 saturated heterocycles. The second-order valence-corrected chi connectivity index (χ2v) is 4.28. The quantitative estimate of drug-likeness (QED) is 0.673. The number of aromatic nitrogens is 2. The first-order valence-corrected chi connectivity index (χ1v) is 6.10. The summed E-state index contributed by atoms with van der Waals surface area (Å²) in [7, 11) is 1.62. The number of hydrogen-bond acceptors (Lipinski definition) is 4. The first kappa shape index (κ1) is 15.2. The van der Waals surface area contributed by atoms with Crippen molar-refractivity contribution in [3.8, 4) is 0 Å². The highest BCUT2D eigenvalue weighted by molar-refractivity contribution is 6.34. The summed E-state index contributed by atoms with van der Waals surface area (Å²) < 4.78 is 6.13. The van der Waals surface area contributed by atoms with Crippen molar-refractivity contribution in [1.82, 2.24) is 15.1 Å².